The van der Waals surface area contributed by atoms with Crippen LogP contribution >= 0.6 is 12.4 Å². The van der Waals surface area contributed by atoms with Crippen molar-refractivity contribution in [2.45, 2.75) is 33.0 Å². The van der Waals surface area contributed by atoms with Crippen molar-refractivity contribution in [1.29, 1.82) is 0 Å². The van der Waals surface area contributed by atoms with E-state index in [1.54, 1.807) is 18.2 Å². The topological polar surface area (TPSA) is 64.4 Å². The number of hydrogen-bond donors (Lipinski definition) is 2. The van der Waals surface area contributed by atoms with Crippen LogP contribution in [0.2, 0.25) is 0 Å². The number of halogens is 3. The summed E-state index contributed by atoms with van der Waals surface area (Å²) in [6.07, 6.45) is 0. The molecule has 1 unspecified atom stereocenters. The van der Waals surface area contributed by atoms with Crippen LogP contribution in [0.3, 0.4) is 0 Å². The van der Waals surface area contributed by atoms with Crippen LogP contribution in [0.25, 0.3) is 0 Å². The lowest BCUT2D eigenvalue weighted by Gasteiger charge is -2.16. The molecule has 1 rings (SSSR count). The lowest BCUT2D eigenvalue weighted by molar-refractivity contribution is -0.123. The number of hydrogen-bond acceptors (Lipinski definition) is 3. The van der Waals surface area contributed by atoms with E-state index < -0.39 is 12.7 Å². The Morgan fingerprint density at radius 2 is 1.95 bits per heavy atom. The standard InChI is InChI=1S/C13H18F2N2O2.ClH/c1-8(2)11(16)12(18)17-7-9-5-3-4-6-10(9)19-13(14)15;/h3-6,8,11,13H,7,16H2,1-2H3,(H,17,18);1H. The third-order valence-corrected chi connectivity index (χ3v) is 2.66. The maximum absolute atomic E-state index is 12.2. The molecule has 1 aromatic carbocycles. The van der Waals surface area contributed by atoms with Crippen molar-refractivity contribution in [2.24, 2.45) is 11.7 Å². The van der Waals surface area contributed by atoms with Gasteiger partial charge in [-0.1, -0.05) is 32.0 Å². The van der Waals surface area contributed by atoms with Crippen LogP contribution in [0, 0.1) is 5.92 Å². The van der Waals surface area contributed by atoms with Crippen molar-refractivity contribution in [3.8, 4) is 5.75 Å². The van der Waals surface area contributed by atoms with Gasteiger partial charge in [0.05, 0.1) is 6.04 Å². The lowest BCUT2D eigenvalue weighted by atomic mass is 10.0. The average molecular weight is 309 g/mol. The third kappa shape index (κ3) is 5.71. The number of para-hydroxylation sites is 1. The van der Waals surface area contributed by atoms with E-state index in [0.717, 1.165) is 0 Å². The van der Waals surface area contributed by atoms with E-state index >= 15 is 0 Å². The molecule has 0 heterocycles. The fraction of sp³-hybridized carbons (Fsp3) is 0.462. The van der Waals surface area contributed by atoms with Crippen molar-refractivity contribution < 1.29 is 18.3 Å². The zero-order chi connectivity index (χ0) is 14.4. The van der Waals surface area contributed by atoms with E-state index in [0.29, 0.717) is 5.56 Å². The van der Waals surface area contributed by atoms with Crippen LogP contribution in [0.5, 0.6) is 5.75 Å². The molecule has 0 spiro atoms. The van der Waals surface area contributed by atoms with E-state index in [1.165, 1.54) is 6.07 Å². The van der Waals surface area contributed by atoms with Gasteiger partial charge in [0, 0.05) is 12.1 Å². The number of alkyl halides is 2. The molecule has 3 N–H and O–H groups in total. The molecule has 20 heavy (non-hydrogen) atoms. The quantitative estimate of drug-likeness (QED) is 0.847. The maximum atomic E-state index is 12.2. The number of carbonyl (C=O) groups excluding carboxylic acids is 1. The first-order valence-corrected chi connectivity index (χ1v) is 5.97. The van der Waals surface area contributed by atoms with Gasteiger partial charge in [-0.25, -0.2) is 0 Å². The molecule has 1 amide bonds. The van der Waals surface area contributed by atoms with Gasteiger partial charge in [-0.05, 0) is 12.0 Å². The van der Waals surface area contributed by atoms with Crippen LogP contribution in [-0.4, -0.2) is 18.6 Å². The molecule has 0 saturated carbocycles. The van der Waals surface area contributed by atoms with E-state index in [2.05, 4.69) is 10.1 Å². The summed E-state index contributed by atoms with van der Waals surface area (Å²) in [6, 6.07) is 5.68. The summed E-state index contributed by atoms with van der Waals surface area (Å²) in [5, 5.41) is 2.60. The zero-order valence-corrected chi connectivity index (χ0v) is 12.1. The highest BCUT2D eigenvalue weighted by Gasteiger charge is 2.17. The normalized spacial score (nSPS) is 11.9. The van der Waals surface area contributed by atoms with E-state index in [1.807, 2.05) is 13.8 Å². The van der Waals surface area contributed by atoms with Gasteiger partial charge in [-0.3, -0.25) is 4.79 Å². The Kier molecular flexibility index (Phi) is 8.10. The van der Waals surface area contributed by atoms with Crippen molar-refractivity contribution in [1.82, 2.24) is 5.32 Å². The molecule has 0 fully saturated rings. The second-order valence-corrected chi connectivity index (χ2v) is 4.47. The summed E-state index contributed by atoms with van der Waals surface area (Å²) in [6.45, 7) is 0.869. The highest BCUT2D eigenvalue weighted by Crippen LogP contribution is 2.19. The minimum atomic E-state index is -2.89. The van der Waals surface area contributed by atoms with Gasteiger partial charge in [0.15, 0.2) is 0 Å². The van der Waals surface area contributed by atoms with Crippen molar-refractivity contribution >= 4 is 18.3 Å². The molecule has 7 heteroatoms. The maximum Gasteiger partial charge on any atom is 0.387 e. The Morgan fingerprint density at radius 1 is 1.35 bits per heavy atom. The number of nitrogens with two attached hydrogens (primary N) is 1. The summed E-state index contributed by atoms with van der Waals surface area (Å²) < 4.78 is 28.8. The van der Waals surface area contributed by atoms with E-state index in [-0.39, 0.29) is 36.5 Å². The molecular formula is C13H19ClF2N2O2. The van der Waals surface area contributed by atoms with Crippen LogP contribution in [0.15, 0.2) is 24.3 Å². The van der Waals surface area contributed by atoms with E-state index in [9.17, 15) is 13.6 Å². The molecule has 0 aromatic heterocycles. The van der Waals surface area contributed by atoms with Crippen molar-refractivity contribution in [2.75, 3.05) is 0 Å². The number of amides is 1. The number of rotatable bonds is 6. The van der Waals surface area contributed by atoms with Crippen LogP contribution < -0.4 is 15.8 Å². The fourth-order valence-electron chi connectivity index (χ4n) is 1.46. The average Bonchev–Trinajstić information content (AvgIpc) is 2.35. The van der Waals surface area contributed by atoms with Crippen LogP contribution in [0.1, 0.15) is 19.4 Å². The second-order valence-electron chi connectivity index (χ2n) is 4.47. The van der Waals surface area contributed by atoms with E-state index in [4.69, 9.17) is 5.73 Å². The SMILES string of the molecule is CC(C)C(N)C(=O)NCc1ccccc1OC(F)F.Cl. The molecule has 1 atom stereocenters. The third-order valence-electron chi connectivity index (χ3n) is 2.66. The molecule has 0 radical (unpaired) electrons. The van der Waals surface area contributed by atoms with Gasteiger partial charge < -0.3 is 15.8 Å². The fourth-order valence-corrected chi connectivity index (χ4v) is 1.46. The predicted molar refractivity (Wildman–Crippen MR) is 75.0 cm³/mol. The van der Waals surface area contributed by atoms with Gasteiger partial charge in [0.25, 0.3) is 0 Å². The Balaban J connectivity index is 0.00000361. The number of carbonyl (C=O) groups is 1. The summed E-state index contributed by atoms with van der Waals surface area (Å²) in [5.41, 5.74) is 6.16. The number of benzene rings is 1. The van der Waals surface area contributed by atoms with Gasteiger partial charge in [0.1, 0.15) is 5.75 Å². The Labute approximate surface area is 123 Å². The molecule has 0 bridgehead atoms. The molecule has 0 aliphatic heterocycles. The second kappa shape index (κ2) is 8.71. The van der Waals surface area contributed by atoms with Crippen molar-refractivity contribution in [3.63, 3.8) is 0 Å². The predicted octanol–water partition coefficient (Wildman–Crippen LogP) is 2.31. The molecule has 1 aromatic rings. The van der Waals surface area contributed by atoms with Gasteiger partial charge in [-0.2, -0.15) is 8.78 Å². The van der Waals surface area contributed by atoms with Crippen molar-refractivity contribution in [3.05, 3.63) is 29.8 Å². The lowest BCUT2D eigenvalue weighted by Crippen LogP contribution is -2.43. The Morgan fingerprint density at radius 3 is 2.50 bits per heavy atom. The summed E-state index contributed by atoms with van der Waals surface area (Å²) in [4.78, 5) is 11.7. The molecular weight excluding hydrogens is 290 g/mol. The van der Waals surface area contributed by atoms with Gasteiger partial charge in [-0.15, -0.1) is 12.4 Å². The summed E-state index contributed by atoms with van der Waals surface area (Å²) in [7, 11) is 0. The Hall–Kier alpha value is -1.40. The molecule has 0 aliphatic rings. The van der Waals surface area contributed by atoms with Gasteiger partial charge in [0.2, 0.25) is 5.91 Å². The first-order chi connectivity index (χ1) is 8.91. The zero-order valence-electron chi connectivity index (χ0n) is 11.3. The highest BCUT2D eigenvalue weighted by atomic mass is 35.5. The first kappa shape index (κ1) is 18.6. The molecule has 0 saturated heterocycles. The largest absolute Gasteiger partial charge is 0.434 e. The summed E-state index contributed by atoms with van der Waals surface area (Å²) in [5.74, 6) is -0.259. The monoisotopic (exact) mass is 308 g/mol. The van der Waals surface area contributed by atoms with Crippen LogP contribution in [-0.2, 0) is 11.3 Å². The number of ether oxygens (including phenoxy) is 1. The highest BCUT2D eigenvalue weighted by molar-refractivity contribution is 5.85. The molecule has 114 valence electrons. The minimum Gasteiger partial charge on any atom is -0.434 e. The smallest absolute Gasteiger partial charge is 0.387 e. The summed E-state index contributed by atoms with van der Waals surface area (Å²) >= 11 is 0. The van der Waals surface area contributed by atoms with Gasteiger partial charge >= 0.3 is 6.61 Å². The Bertz CT molecular complexity index is 431. The first-order valence-electron chi connectivity index (χ1n) is 5.97. The minimum absolute atomic E-state index is 0. The van der Waals surface area contributed by atoms with Crippen LogP contribution in [0.4, 0.5) is 8.78 Å². The molecule has 4 nitrogen and oxygen atoms in total. The molecule has 0 aliphatic carbocycles. The number of nitrogens with one attached hydrogen (secondary N) is 1.